The highest BCUT2D eigenvalue weighted by atomic mass is 32.2. The molecule has 6 aromatic rings. The first-order valence-corrected chi connectivity index (χ1v) is 22.0. The van der Waals surface area contributed by atoms with E-state index in [1.165, 1.54) is 36.4 Å². The minimum absolute atomic E-state index is 0.0404. The monoisotopic (exact) mass is 879 g/mol. The molecular formula is C40H41N13O7S2-2. The predicted octanol–water partition coefficient (Wildman–Crippen LogP) is 4.63. The average molecular weight is 880 g/mol. The summed E-state index contributed by atoms with van der Waals surface area (Å²) in [6.07, 6.45) is 2.45. The van der Waals surface area contributed by atoms with Gasteiger partial charge >= 0.3 is 0 Å². The molecule has 1 saturated heterocycles. The number of benzene rings is 4. The molecule has 4 aromatic carbocycles. The van der Waals surface area contributed by atoms with Crippen molar-refractivity contribution in [3.63, 3.8) is 0 Å². The molecular weight excluding hydrogens is 839 g/mol. The van der Waals surface area contributed by atoms with Gasteiger partial charge in [0, 0.05) is 55.5 Å². The van der Waals surface area contributed by atoms with Crippen molar-refractivity contribution in [1.29, 1.82) is 0 Å². The minimum Gasteiger partial charge on any atom is -0.744 e. The van der Waals surface area contributed by atoms with E-state index in [0.29, 0.717) is 63.5 Å². The Kier molecular flexibility index (Phi) is 13.4. The van der Waals surface area contributed by atoms with Crippen molar-refractivity contribution >= 4 is 90.8 Å². The highest BCUT2D eigenvalue weighted by Gasteiger charge is 2.19. The molecule has 0 amide bonds. The molecule has 0 radical (unpaired) electrons. The van der Waals surface area contributed by atoms with Gasteiger partial charge in [-0.05, 0) is 66.6 Å². The molecule has 62 heavy (non-hydrogen) atoms. The largest absolute Gasteiger partial charge is 0.744 e. The van der Waals surface area contributed by atoms with Crippen LogP contribution in [-0.2, 0) is 25.0 Å². The summed E-state index contributed by atoms with van der Waals surface area (Å²) in [6, 6.07) is 26.3. The van der Waals surface area contributed by atoms with Crippen molar-refractivity contribution in [2.45, 2.75) is 16.7 Å². The molecule has 20 nitrogen and oxygen atoms in total. The SMILES string of the molecule is CCN(CCN)c1nc(Nc2ccccc2)nc(Nc2ccc(/C=C/c3ccc(Nc4nc(Nc5ccccc5)nc(N5CCOCC5)n4)cc3S(=O)(=O)[O-])c(S(=O)(=O)[O-])c2)n1. The van der Waals surface area contributed by atoms with Crippen LogP contribution in [0.1, 0.15) is 18.1 Å². The van der Waals surface area contributed by atoms with Crippen LogP contribution in [0.25, 0.3) is 12.2 Å². The van der Waals surface area contributed by atoms with E-state index in [1.807, 2.05) is 77.4 Å². The summed E-state index contributed by atoms with van der Waals surface area (Å²) in [4.78, 5) is 29.5. The van der Waals surface area contributed by atoms with Crippen LogP contribution in [0.4, 0.5) is 58.4 Å². The first-order valence-electron chi connectivity index (χ1n) is 19.2. The Morgan fingerprint density at radius 2 is 1.08 bits per heavy atom. The minimum atomic E-state index is -5.10. The van der Waals surface area contributed by atoms with Crippen LogP contribution >= 0.6 is 0 Å². The van der Waals surface area contributed by atoms with E-state index in [9.17, 15) is 25.9 Å². The second-order valence-electron chi connectivity index (χ2n) is 13.5. The molecule has 6 N–H and O–H groups in total. The maximum Gasteiger partial charge on any atom is 0.233 e. The second-order valence-corrected chi connectivity index (χ2v) is 16.2. The van der Waals surface area contributed by atoms with E-state index in [-0.39, 0.29) is 46.3 Å². The highest BCUT2D eigenvalue weighted by Crippen LogP contribution is 2.29. The molecule has 0 atom stereocenters. The summed E-state index contributed by atoms with van der Waals surface area (Å²) < 4.78 is 81.1. The van der Waals surface area contributed by atoms with Crippen LogP contribution in [0.2, 0.25) is 0 Å². The number of likely N-dealkylation sites (N-methyl/N-ethyl adjacent to an activating group) is 1. The number of para-hydroxylation sites is 2. The lowest BCUT2D eigenvalue weighted by Crippen LogP contribution is -2.37. The van der Waals surface area contributed by atoms with Gasteiger partial charge in [-0.25, -0.2) is 16.8 Å². The molecule has 1 fully saturated rings. The van der Waals surface area contributed by atoms with Crippen LogP contribution in [0.5, 0.6) is 0 Å². The number of hydrogen-bond donors (Lipinski definition) is 5. The summed E-state index contributed by atoms with van der Waals surface area (Å²) in [7, 11) is -10.2. The molecule has 0 unspecified atom stereocenters. The zero-order valence-electron chi connectivity index (χ0n) is 33.2. The van der Waals surface area contributed by atoms with Gasteiger partial charge in [-0.1, -0.05) is 60.7 Å². The molecule has 7 rings (SSSR count). The highest BCUT2D eigenvalue weighted by molar-refractivity contribution is 7.86. The fourth-order valence-corrected chi connectivity index (χ4v) is 7.62. The molecule has 322 valence electrons. The van der Waals surface area contributed by atoms with Gasteiger partial charge in [-0.2, -0.15) is 29.9 Å². The quantitative estimate of drug-likeness (QED) is 0.0616. The van der Waals surface area contributed by atoms with Crippen molar-refractivity contribution < 1.29 is 30.7 Å². The van der Waals surface area contributed by atoms with E-state index in [4.69, 9.17) is 10.5 Å². The van der Waals surface area contributed by atoms with Gasteiger partial charge in [0.15, 0.2) is 0 Å². The van der Waals surface area contributed by atoms with E-state index in [1.54, 1.807) is 0 Å². The Hall–Kier alpha value is -6.82. The van der Waals surface area contributed by atoms with Crippen LogP contribution in [-0.4, -0.2) is 102 Å². The number of nitrogens with two attached hydrogens (primary N) is 1. The van der Waals surface area contributed by atoms with Crippen molar-refractivity contribution in [1.82, 2.24) is 29.9 Å². The summed E-state index contributed by atoms with van der Waals surface area (Å²) in [5.41, 5.74) is 7.40. The molecule has 0 bridgehead atoms. The molecule has 0 saturated carbocycles. The molecule has 3 heterocycles. The van der Waals surface area contributed by atoms with Gasteiger partial charge in [0.25, 0.3) is 0 Å². The Morgan fingerprint density at radius 3 is 1.50 bits per heavy atom. The Balaban J connectivity index is 1.17. The Labute approximate surface area is 357 Å². The zero-order chi connectivity index (χ0) is 43.7. The maximum atomic E-state index is 12.6. The normalized spacial score (nSPS) is 13.2. The van der Waals surface area contributed by atoms with E-state index >= 15 is 0 Å². The van der Waals surface area contributed by atoms with Crippen molar-refractivity contribution in [3.05, 3.63) is 108 Å². The van der Waals surface area contributed by atoms with Crippen LogP contribution < -0.4 is 36.8 Å². The number of ether oxygens (including phenoxy) is 1. The van der Waals surface area contributed by atoms with Gasteiger partial charge in [0.2, 0.25) is 35.7 Å². The summed E-state index contributed by atoms with van der Waals surface area (Å²) in [5.74, 6) is 1.15. The van der Waals surface area contributed by atoms with Gasteiger partial charge in [0.1, 0.15) is 20.2 Å². The lowest BCUT2D eigenvalue weighted by Gasteiger charge is -2.27. The lowest BCUT2D eigenvalue weighted by molar-refractivity contribution is 0.122. The van der Waals surface area contributed by atoms with Crippen molar-refractivity contribution in [2.75, 3.05) is 77.0 Å². The van der Waals surface area contributed by atoms with Crippen LogP contribution in [0.15, 0.2) is 107 Å². The van der Waals surface area contributed by atoms with Gasteiger partial charge in [-0.3, -0.25) is 0 Å². The molecule has 2 aromatic heterocycles. The maximum absolute atomic E-state index is 12.6. The summed E-state index contributed by atoms with van der Waals surface area (Å²) in [5, 5.41) is 12.2. The third-order valence-corrected chi connectivity index (χ3v) is 11.0. The number of rotatable bonds is 17. The smallest absolute Gasteiger partial charge is 0.233 e. The number of aromatic nitrogens is 6. The summed E-state index contributed by atoms with van der Waals surface area (Å²) >= 11 is 0. The van der Waals surface area contributed by atoms with Crippen molar-refractivity contribution in [3.8, 4) is 0 Å². The van der Waals surface area contributed by atoms with Crippen molar-refractivity contribution in [2.24, 2.45) is 5.73 Å². The first kappa shape index (κ1) is 43.3. The predicted molar refractivity (Wildman–Crippen MR) is 233 cm³/mol. The number of nitrogens with zero attached hydrogens (tertiary/aromatic N) is 8. The Bertz CT molecular complexity index is 2590. The van der Waals surface area contributed by atoms with E-state index in [2.05, 4.69) is 51.2 Å². The summed E-state index contributed by atoms with van der Waals surface area (Å²) in [6.45, 7) is 5.23. The number of anilines is 10. The van der Waals surface area contributed by atoms with Gasteiger partial charge in [-0.15, -0.1) is 0 Å². The number of hydrogen-bond acceptors (Lipinski definition) is 20. The van der Waals surface area contributed by atoms with Crippen LogP contribution in [0.3, 0.4) is 0 Å². The molecule has 0 spiro atoms. The molecule has 1 aliphatic heterocycles. The molecule has 22 heteroatoms. The first-order chi connectivity index (χ1) is 29.8. The van der Waals surface area contributed by atoms with Gasteiger partial charge in [0.05, 0.1) is 23.0 Å². The number of nitrogens with one attached hydrogen (secondary N) is 4. The third-order valence-electron chi connectivity index (χ3n) is 9.19. The van der Waals surface area contributed by atoms with Gasteiger partial charge < -0.3 is 50.6 Å². The fraction of sp³-hybridized carbons (Fsp3) is 0.200. The Morgan fingerprint density at radius 1 is 0.645 bits per heavy atom. The number of morpholine rings is 1. The standard InChI is InChI=1S/C40H43N13O7S2/c1-2-52(20-19-41)39-48-35(42-29-9-5-3-6-10-29)46-37(49-39)44-31-17-15-27(33(25-31)61(54,55)56)13-14-28-16-18-32(26-34(28)62(57,58)59)45-38-47-36(43-30-11-7-4-8-12-30)50-40(51-38)53-21-23-60-24-22-53/h3-18,25-26H,2,19-24,41H2,1H3,(H,54,55,56)(H,57,58,59)(H2,42,44,46,48,49)(H2,43,45,47,50,51)/p-2/b14-13+. The lowest BCUT2D eigenvalue weighted by atomic mass is 10.1. The molecule has 1 aliphatic rings. The zero-order valence-corrected chi connectivity index (χ0v) is 34.8. The second kappa shape index (κ2) is 19.3. The van der Waals surface area contributed by atoms with E-state index < -0.39 is 30.0 Å². The molecule has 0 aliphatic carbocycles. The fourth-order valence-electron chi connectivity index (χ4n) is 6.23. The van der Waals surface area contributed by atoms with Crippen LogP contribution in [0, 0.1) is 0 Å². The third kappa shape index (κ3) is 11.3. The van der Waals surface area contributed by atoms with E-state index in [0.717, 1.165) is 17.8 Å². The average Bonchev–Trinajstić information content (AvgIpc) is 3.25. The topological polar surface area (TPSA) is 282 Å².